The van der Waals surface area contributed by atoms with E-state index in [1.54, 1.807) is 24.5 Å². The fourth-order valence-electron chi connectivity index (χ4n) is 2.22. The van der Waals surface area contributed by atoms with E-state index in [-0.39, 0.29) is 0 Å². The van der Waals surface area contributed by atoms with Gasteiger partial charge in [-0.15, -0.1) is 11.3 Å². The highest BCUT2D eigenvalue weighted by Gasteiger charge is 2.04. The van der Waals surface area contributed by atoms with Crippen LogP contribution in [0.5, 0.6) is 5.75 Å². The van der Waals surface area contributed by atoms with Crippen molar-refractivity contribution in [2.24, 2.45) is 0 Å². The van der Waals surface area contributed by atoms with Gasteiger partial charge in [0.2, 0.25) is 0 Å². The summed E-state index contributed by atoms with van der Waals surface area (Å²) >= 11 is 1.74. The van der Waals surface area contributed by atoms with Gasteiger partial charge >= 0.3 is 0 Å². The Morgan fingerprint density at radius 2 is 2.10 bits per heavy atom. The molecule has 3 nitrogen and oxygen atoms in total. The Morgan fingerprint density at radius 1 is 1.19 bits per heavy atom. The molecule has 104 valence electrons. The Hall–Kier alpha value is -2.51. The summed E-state index contributed by atoms with van der Waals surface area (Å²) in [5.41, 5.74) is 2.72. The molecule has 3 aromatic rings. The predicted molar refractivity (Wildman–Crippen MR) is 86.9 cm³/mol. The van der Waals surface area contributed by atoms with E-state index in [0.717, 1.165) is 11.3 Å². The van der Waals surface area contributed by atoms with Crippen molar-refractivity contribution in [3.63, 3.8) is 0 Å². The number of rotatable bonds is 4. The van der Waals surface area contributed by atoms with Crippen LogP contribution in [0.1, 0.15) is 11.1 Å². The lowest BCUT2D eigenvalue weighted by Gasteiger charge is -2.09. The third-order valence-electron chi connectivity index (χ3n) is 3.34. The van der Waals surface area contributed by atoms with Gasteiger partial charge in [0.1, 0.15) is 11.8 Å². The summed E-state index contributed by atoms with van der Waals surface area (Å²) < 4.78 is 6.52. The van der Waals surface area contributed by atoms with Crippen molar-refractivity contribution < 1.29 is 4.74 Å². The quantitative estimate of drug-likeness (QED) is 0.776. The molecule has 0 atom stereocenters. The Morgan fingerprint density at radius 3 is 2.90 bits per heavy atom. The number of thiophene rings is 1. The summed E-state index contributed by atoms with van der Waals surface area (Å²) in [6.45, 7) is 0.692. The summed E-state index contributed by atoms with van der Waals surface area (Å²) in [6.07, 6.45) is 0. The topological polar surface area (TPSA) is 45.0 Å². The van der Waals surface area contributed by atoms with E-state index >= 15 is 0 Å². The van der Waals surface area contributed by atoms with Crippen molar-refractivity contribution in [1.82, 2.24) is 0 Å². The number of nitriles is 1. The largest absolute Gasteiger partial charge is 0.495 e. The highest BCUT2D eigenvalue weighted by atomic mass is 32.1. The Kier molecular flexibility index (Phi) is 3.76. The van der Waals surface area contributed by atoms with Crippen LogP contribution in [0.25, 0.3) is 10.1 Å². The van der Waals surface area contributed by atoms with Gasteiger partial charge in [0.25, 0.3) is 0 Å². The molecule has 0 spiro atoms. The number of nitrogens with one attached hydrogen (secondary N) is 1. The number of methoxy groups -OCH3 is 1. The fourth-order valence-corrected chi connectivity index (χ4v) is 2.99. The van der Waals surface area contributed by atoms with Gasteiger partial charge in [-0.3, -0.25) is 0 Å². The average Bonchev–Trinajstić information content (AvgIpc) is 3.00. The highest BCUT2D eigenvalue weighted by molar-refractivity contribution is 7.17. The molecule has 1 heterocycles. The van der Waals surface area contributed by atoms with E-state index in [0.29, 0.717) is 17.9 Å². The molecule has 0 aliphatic rings. The molecular weight excluding hydrogens is 280 g/mol. The van der Waals surface area contributed by atoms with Crippen molar-refractivity contribution in [3.05, 3.63) is 59.0 Å². The van der Waals surface area contributed by atoms with Gasteiger partial charge < -0.3 is 10.1 Å². The van der Waals surface area contributed by atoms with E-state index in [2.05, 4.69) is 41.0 Å². The van der Waals surface area contributed by atoms with Gasteiger partial charge in [-0.05, 0) is 52.7 Å². The highest BCUT2D eigenvalue weighted by Crippen LogP contribution is 2.25. The van der Waals surface area contributed by atoms with Crippen LogP contribution in [-0.2, 0) is 6.54 Å². The van der Waals surface area contributed by atoms with E-state index in [1.807, 2.05) is 12.1 Å². The van der Waals surface area contributed by atoms with Gasteiger partial charge in [0.15, 0.2) is 0 Å². The molecule has 2 aromatic carbocycles. The van der Waals surface area contributed by atoms with Crippen molar-refractivity contribution in [2.45, 2.75) is 6.54 Å². The maximum atomic E-state index is 8.98. The molecule has 3 rings (SSSR count). The monoisotopic (exact) mass is 294 g/mol. The fraction of sp³-hybridized carbons (Fsp3) is 0.118. The molecule has 0 bridgehead atoms. The van der Waals surface area contributed by atoms with Gasteiger partial charge in [0.05, 0.1) is 12.7 Å². The minimum atomic E-state index is 0.556. The number of benzene rings is 2. The summed E-state index contributed by atoms with van der Waals surface area (Å²) in [7, 11) is 1.58. The first-order valence-corrected chi connectivity index (χ1v) is 7.46. The Balaban J connectivity index is 1.76. The number of hydrogen-bond donors (Lipinski definition) is 1. The molecule has 1 N–H and O–H groups in total. The second-order valence-electron chi connectivity index (χ2n) is 4.67. The summed E-state index contributed by atoms with van der Waals surface area (Å²) in [6, 6.07) is 16.2. The van der Waals surface area contributed by atoms with Crippen LogP contribution in [0.15, 0.2) is 47.8 Å². The zero-order chi connectivity index (χ0) is 14.7. The maximum absolute atomic E-state index is 8.98. The first-order valence-electron chi connectivity index (χ1n) is 6.58. The van der Waals surface area contributed by atoms with Crippen LogP contribution in [0.3, 0.4) is 0 Å². The summed E-state index contributed by atoms with van der Waals surface area (Å²) in [5, 5.41) is 15.7. The lowest BCUT2D eigenvalue weighted by atomic mass is 10.1. The molecule has 0 fully saturated rings. The van der Waals surface area contributed by atoms with Crippen LogP contribution in [-0.4, -0.2) is 7.11 Å². The van der Waals surface area contributed by atoms with Gasteiger partial charge in [-0.2, -0.15) is 5.26 Å². The third kappa shape index (κ3) is 2.83. The number of anilines is 1. The van der Waals surface area contributed by atoms with Crippen LogP contribution in [0.4, 0.5) is 5.69 Å². The first-order chi connectivity index (χ1) is 10.3. The average molecular weight is 294 g/mol. The van der Waals surface area contributed by atoms with Crippen molar-refractivity contribution in [1.29, 1.82) is 5.26 Å². The van der Waals surface area contributed by atoms with Gasteiger partial charge in [0, 0.05) is 16.9 Å². The second kappa shape index (κ2) is 5.86. The standard InChI is InChI=1S/C17H14N2OS/c1-20-16-8-12(2-3-14(16)10-18)11-19-15-4-5-17-13(9-15)6-7-21-17/h2-9,19H,11H2,1H3. The van der Waals surface area contributed by atoms with E-state index in [1.165, 1.54) is 10.1 Å². The molecule has 0 aliphatic heterocycles. The van der Waals surface area contributed by atoms with Crippen LogP contribution >= 0.6 is 11.3 Å². The zero-order valence-corrected chi connectivity index (χ0v) is 12.4. The van der Waals surface area contributed by atoms with E-state index < -0.39 is 0 Å². The molecule has 0 unspecified atom stereocenters. The lowest BCUT2D eigenvalue weighted by Crippen LogP contribution is -2.00. The minimum absolute atomic E-state index is 0.556. The predicted octanol–water partition coefficient (Wildman–Crippen LogP) is 4.39. The van der Waals surface area contributed by atoms with E-state index in [9.17, 15) is 0 Å². The Bertz CT molecular complexity index is 817. The molecule has 1 aromatic heterocycles. The first kappa shape index (κ1) is 13.5. The minimum Gasteiger partial charge on any atom is -0.495 e. The molecule has 21 heavy (non-hydrogen) atoms. The van der Waals surface area contributed by atoms with Crippen molar-refractivity contribution in [2.75, 3.05) is 12.4 Å². The van der Waals surface area contributed by atoms with Gasteiger partial charge in [-0.1, -0.05) is 6.07 Å². The Labute approximate surface area is 127 Å². The molecule has 0 aliphatic carbocycles. The smallest absolute Gasteiger partial charge is 0.136 e. The second-order valence-corrected chi connectivity index (χ2v) is 5.62. The number of fused-ring (bicyclic) bond motifs is 1. The van der Waals surface area contributed by atoms with Crippen molar-refractivity contribution >= 4 is 27.1 Å². The normalized spacial score (nSPS) is 10.3. The lowest BCUT2D eigenvalue weighted by molar-refractivity contribution is 0.413. The molecule has 4 heteroatoms. The SMILES string of the molecule is COc1cc(CNc2ccc3sccc3c2)ccc1C#N. The molecule has 0 saturated carbocycles. The zero-order valence-electron chi connectivity index (χ0n) is 11.6. The van der Waals surface area contributed by atoms with E-state index in [4.69, 9.17) is 10.00 Å². The summed E-state index contributed by atoms with van der Waals surface area (Å²) in [5.74, 6) is 0.616. The van der Waals surface area contributed by atoms with Crippen molar-refractivity contribution in [3.8, 4) is 11.8 Å². The number of nitrogens with zero attached hydrogens (tertiary/aromatic N) is 1. The van der Waals surface area contributed by atoms with Gasteiger partial charge in [-0.25, -0.2) is 0 Å². The van der Waals surface area contributed by atoms with Crippen LogP contribution < -0.4 is 10.1 Å². The molecule has 0 amide bonds. The maximum Gasteiger partial charge on any atom is 0.136 e. The molecule has 0 radical (unpaired) electrons. The molecule has 0 saturated heterocycles. The summed E-state index contributed by atoms with van der Waals surface area (Å²) in [4.78, 5) is 0. The number of hydrogen-bond acceptors (Lipinski definition) is 4. The van der Waals surface area contributed by atoms with Crippen LogP contribution in [0, 0.1) is 11.3 Å². The molecular formula is C17H14N2OS. The third-order valence-corrected chi connectivity index (χ3v) is 4.23. The number of ether oxygens (including phenoxy) is 1. The van der Waals surface area contributed by atoms with Crippen LogP contribution in [0.2, 0.25) is 0 Å².